The van der Waals surface area contributed by atoms with Crippen LogP contribution in [0.15, 0.2) is 23.3 Å². The van der Waals surface area contributed by atoms with Crippen LogP contribution in [0.1, 0.15) is 33.6 Å². The van der Waals surface area contributed by atoms with E-state index >= 15 is 0 Å². The number of carbonyl (C=O) groups is 1. The molecule has 0 saturated heterocycles. The number of carboxylic acids is 1. The monoisotopic (exact) mass is 168 g/mol. The molecule has 0 aliphatic rings. The lowest BCUT2D eigenvalue weighted by molar-refractivity contribution is -0.132. The SMILES string of the molecule is C/C=C(\C)CC/C=C(\C)C(=O)O. The summed E-state index contributed by atoms with van der Waals surface area (Å²) in [6, 6.07) is 0. The second kappa shape index (κ2) is 5.58. The lowest BCUT2D eigenvalue weighted by atomic mass is 10.1. The Kier molecular flexibility index (Phi) is 5.09. The maximum Gasteiger partial charge on any atom is 0.330 e. The smallest absolute Gasteiger partial charge is 0.330 e. The molecule has 0 radical (unpaired) electrons. The highest BCUT2D eigenvalue weighted by Gasteiger charge is 1.97. The second-order valence-electron chi connectivity index (χ2n) is 2.87. The average Bonchev–Trinajstić information content (AvgIpc) is 2.03. The Morgan fingerprint density at radius 1 is 1.42 bits per heavy atom. The van der Waals surface area contributed by atoms with Crippen molar-refractivity contribution in [2.45, 2.75) is 33.6 Å². The summed E-state index contributed by atoms with van der Waals surface area (Å²) in [5.74, 6) is -0.826. The van der Waals surface area contributed by atoms with Crippen LogP contribution < -0.4 is 0 Å². The van der Waals surface area contributed by atoms with Crippen LogP contribution >= 0.6 is 0 Å². The number of hydrogen-bond donors (Lipinski definition) is 1. The minimum Gasteiger partial charge on any atom is -0.478 e. The first-order valence-electron chi connectivity index (χ1n) is 4.09. The molecule has 68 valence electrons. The fourth-order valence-electron chi connectivity index (χ4n) is 0.748. The second-order valence-corrected chi connectivity index (χ2v) is 2.87. The van der Waals surface area contributed by atoms with Gasteiger partial charge in [0.05, 0.1) is 0 Å². The van der Waals surface area contributed by atoms with Crippen LogP contribution in [-0.4, -0.2) is 11.1 Å². The highest BCUT2D eigenvalue weighted by Crippen LogP contribution is 2.06. The average molecular weight is 168 g/mol. The summed E-state index contributed by atoms with van der Waals surface area (Å²) >= 11 is 0. The van der Waals surface area contributed by atoms with Gasteiger partial charge in [0.2, 0.25) is 0 Å². The molecule has 0 unspecified atom stereocenters. The molecule has 12 heavy (non-hydrogen) atoms. The van der Waals surface area contributed by atoms with Crippen molar-refractivity contribution in [1.82, 2.24) is 0 Å². The van der Waals surface area contributed by atoms with E-state index in [0.717, 1.165) is 12.8 Å². The van der Waals surface area contributed by atoms with Crippen LogP contribution in [0.25, 0.3) is 0 Å². The van der Waals surface area contributed by atoms with Gasteiger partial charge < -0.3 is 5.11 Å². The quantitative estimate of drug-likeness (QED) is 0.517. The van der Waals surface area contributed by atoms with Gasteiger partial charge in [-0.05, 0) is 33.6 Å². The van der Waals surface area contributed by atoms with E-state index in [4.69, 9.17) is 5.11 Å². The molecule has 0 rings (SSSR count). The summed E-state index contributed by atoms with van der Waals surface area (Å²) in [6.07, 6.45) is 5.56. The number of rotatable bonds is 4. The topological polar surface area (TPSA) is 37.3 Å². The molecule has 0 aromatic rings. The van der Waals surface area contributed by atoms with E-state index in [1.165, 1.54) is 5.57 Å². The van der Waals surface area contributed by atoms with Gasteiger partial charge in [-0.15, -0.1) is 0 Å². The summed E-state index contributed by atoms with van der Waals surface area (Å²) in [4.78, 5) is 10.4. The maximum atomic E-state index is 10.4. The first kappa shape index (κ1) is 11.0. The van der Waals surface area contributed by atoms with Gasteiger partial charge in [-0.25, -0.2) is 4.79 Å². The minimum absolute atomic E-state index is 0.430. The molecule has 0 aliphatic carbocycles. The molecule has 0 spiro atoms. The van der Waals surface area contributed by atoms with Gasteiger partial charge >= 0.3 is 5.97 Å². The third-order valence-electron chi connectivity index (χ3n) is 1.82. The maximum absolute atomic E-state index is 10.4. The zero-order chi connectivity index (χ0) is 9.56. The molecule has 0 heterocycles. The molecule has 2 heteroatoms. The molecule has 0 fully saturated rings. The molecule has 0 bridgehead atoms. The predicted molar refractivity (Wildman–Crippen MR) is 50.1 cm³/mol. The molecule has 0 saturated carbocycles. The Labute approximate surface area is 73.6 Å². The van der Waals surface area contributed by atoms with Crippen molar-refractivity contribution >= 4 is 5.97 Å². The zero-order valence-corrected chi connectivity index (χ0v) is 7.92. The predicted octanol–water partition coefficient (Wildman–Crippen LogP) is 2.76. The van der Waals surface area contributed by atoms with Crippen LogP contribution in [0.5, 0.6) is 0 Å². The molecule has 0 aromatic heterocycles. The van der Waals surface area contributed by atoms with E-state index in [2.05, 4.69) is 0 Å². The first-order chi connectivity index (χ1) is 5.57. The Morgan fingerprint density at radius 3 is 2.42 bits per heavy atom. The molecular formula is C10H16O2. The summed E-state index contributed by atoms with van der Waals surface area (Å²) in [6.45, 7) is 5.65. The van der Waals surface area contributed by atoms with Crippen molar-refractivity contribution in [2.24, 2.45) is 0 Å². The van der Waals surface area contributed by atoms with Gasteiger partial charge in [0.15, 0.2) is 0 Å². The lowest BCUT2D eigenvalue weighted by Crippen LogP contribution is -1.95. The van der Waals surface area contributed by atoms with Crippen LogP contribution in [0.4, 0.5) is 0 Å². The zero-order valence-electron chi connectivity index (χ0n) is 7.92. The van der Waals surface area contributed by atoms with E-state index < -0.39 is 5.97 Å². The number of hydrogen-bond acceptors (Lipinski definition) is 1. The lowest BCUT2D eigenvalue weighted by Gasteiger charge is -1.96. The highest BCUT2D eigenvalue weighted by molar-refractivity contribution is 5.85. The van der Waals surface area contributed by atoms with E-state index in [9.17, 15) is 4.79 Å². The minimum atomic E-state index is -0.826. The fraction of sp³-hybridized carbons (Fsp3) is 0.500. The molecule has 0 atom stereocenters. The van der Waals surface area contributed by atoms with Crippen molar-refractivity contribution in [3.8, 4) is 0 Å². The fourth-order valence-corrected chi connectivity index (χ4v) is 0.748. The van der Waals surface area contributed by atoms with Gasteiger partial charge in [0.25, 0.3) is 0 Å². The van der Waals surface area contributed by atoms with Crippen LogP contribution in [0.2, 0.25) is 0 Å². The van der Waals surface area contributed by atoms with Crippen LogP contribution in [0, 0.1) is 0 Å². The summed E-state index contributed by atoms with van der Waals surface area (Å²) in [5.41, 5.74) is 1.73. The standard InChI is InChI=1S/C10H16O2/c1-4-8(2)6-5-7-9(3)10(11)12/h4,7H,5-6H2,1-3H3,(H,11,12)/b8-4+,9-7+. The van der Waals surface area contributed by atoms with Crippen molar-refractivity contribution in [1.29, 1.82) is 0 Å². The third-order valence-corrected chi connectivity index (χ3v) is 1.82. The molecule has 2 nitrogen and oxygen atoms in total. The van der Waals surface area contributed by atoms with Crippen molar-refractivity contribution in [2.75, 3.05) is 0 Å². The molecule has 0 aromatic carbocycles. The van der Waals surface area contributed by atoms with Gasteiger partial charge in [0, 0.05) is 5.57 Å². The highest BCUT2D eigenvalue weighted by atomic mass is 16.4. The largest absolute Gasteiger partial charge is 0.478 e. The Hall–Kier alpha value is -1.05. The third kappa shape index (κ3) is 4.72. The Morgan fingerprint density at radius 2 is 2.00 bits per heavy atom. The first-order valence-corrected chi connectivity index (χ1v) is 4.09. The Bertz CT molecular complexity index is 212. The molecule has 1 N–H and O–H groups in total. The number of carboxylic acid groups (broad SMARTS) is 1. The van der Waals surface area contributed by atoms with Crippen LogP contribution in [0.3, 0.4) is 0 Å². The Balaban J connectivity index is 3.83. The van der Waals surface area contributed by atoms with Gasteiger partial charge in [0.1, 0.15) is 0 Å². The number of aliphatic carboxylic acids is 1. The van der Waals surface area contributed by atoms with Crippen LogP contribution in [-0.2, 0) is 4.79 Å². The molecule has 0 aliphatic heterocycles. The van der Waals surface area contributed by atoms with E-state index in [-0.39, 0.29) is 0 Å². The van der Waals surface area contributed by atoms with E-state index in [1.807, 2.05) is 19.9 Å². The molecular weight excluding hydrogens is 152 g/mol. The van der Waals surface area contributed by atoms with Gasteiger partial charge in [-0.3, -0.25) is 0 Å². The molecule has 0 amide bonds. The van der Waals surface area contributed by atoms with Gasteiger partial charge in [-0.2, -0.15) is 0 Å². The normalized spacial score (nSPS) is 13.2. The summed E-state index contributed by atoms with van der Waals surface area (Å²) in [7, 11) is 0. The van der Waals surface area contributed by atoms with Crippen molar-refractivity contribution < 1.29 is 9.90 Å². The van der Waals surface area contributed by atoms with E-state index in [1.54, 1.807) is 13.0 Å². The summed E-state index contributed by atoms with van der Waals surface area (Å²) in [5, 5.41) is 8.52. The van der Waals surface area contributed by atoms with E-state index in [0.29, 0.717) is 5.57 Å². The van der Waals surface area contributed by atoms with Gasteiger partial charge in [-0.1, -0.05) is 17.7 Å². The number of allylic oxidation sites excluding steroid dienone is 3. The van der Waals surface area contributed by atoms with Crippen molar-refractivity contribution in [3.63, 3.8) is 0 Å². The summed E-state index contributed by atoms with van der Waals surface area (Å²) < 4.78 is 0. The van der Waals surface area contributed by atoms with Crippen molar-refractivity contribution in [3.05, 3.63) is 23.3 Å².